The summed E-state index contributed by atoms with van der Waals surface area (Å²) in [6.07, 6.45) is 9.49. The van der Waals surface area contributed by atoms with Gasteiger partial charge in [0, 0.05) is 6.42 Å². The van der Waals surface area contributed by atoms with Gasteiger partial charge >= 0.3 is 5.97 Å². The van der Waals surface area contributed by atoms with Crippen molar-refractivity contribution in [3.63, 3.8) is 0 Å². The number of hydrogen-bond acceptors (Lipinski definition) is 3. The van der Waals surface area contributed by atoms with Crippen molar-refractivity contribution in [1.82, 2.24) is 0 Å². The molecule has 3 nitrogen and oxygen atoms in total. The van der Waals surface area contributed by atoms with Crippen LogP contribution in [0.5, 0.6) is 0 Å². The fourth-order valence-corrected chi connectivity index (χ4v) is 1.29. The molecule has 0 saturated heterocycles. The van der Waals surface area contributed by atoms with Crippen LogP contribution in [-0.4, -0.2) is 18.9 Å². The molecule has 98 valence electrons. The monoisotopic (exact) mass is 240 g/mol. The van der Waals surface area contributed by atoms with Crippen molar-refractivity contribution in [3.8, 4) is 0 Å². The lowest BCUT2D eigenvalue weighted by Crippen LogP contribution is -2.11. The maximum Gasteiger partial charge on any atom is 0.305 e. The van der Waals surface area contributed by atoms with Gasteiger partial charge in [0.15, 0.2) is 0 Å². The minimum Gasteiger partial charge on any atom is -0.465 e. The summed E-state index contributed by atoms with van der Waals surface area (Å²) >= 11 is 0. The SMILES string of the molecule is CCC(C)COC(=O)CCCCC/C=C/C=O. The molecule has 0 saturated carbocycles. The van der Waals surface area contributed by atoms with Gasteiger partial charge in [-0.2, -0.15) is 0 Å². The largest absolute Gasteiger partial charge is 0.465 e. The predicted molar refractivity (Wildman–Crippen MR) is 68.7 cm³/mol. The van der Waals surface area contributed by atoms with Gasteiger partial charge in [0.1, 0.15) is 6.29 Å². The summed E-state index contributed by atoms with van der Waals surface area (Å²) in [6, 6.07) is 0. The second-order valence-electron chi connectivity index (χ2n) is 4.36. The molecular weight excluding hydrogens is 216 g/mol. The molecular formula is C14H24O3. The third-order valence-corrected chi connectivity index (χ3v) is 2.69. The van der Waals surface area contributed by atoms with Crippen LogP contribution >= 0.6 is 0 Å². The van der Waals surface area contributed by atoms with E-state index in [4.69, 9.17) is 4.74 Å². The first-order chi connectivity index (χ1) is 8.20. The lowest BCUT2D eigenvalue weighted by atomic mass is 10.1. The van der Waals surface area contributed by atoms with Gasteiger partial charge in [-0.15, -0.1) is 0 Å². The highest BCUT2D eigenvalue weighted by Crippen LogP contribution is 2.06. The molecule has 0 amide bonds. The van der Waals surface area contributed by atoms with Crippen LogP contribution < -0.4 is 0 Å². The number of rotatable bonds is 10. The zero-order chi connectivity index (χ0) is 12.9. The molecule has 0 radical (unpaired) electrons. The molecule has 17 heavy (non-hydrogen) atoms. The van der Waals surface area contributed by atoms with Crippen LogP contribution in [0.4, 0.5) is 0 Å². The maximum atomic E-state index is 11.3. The number of esters is 1. The van der Waals surface area contributed by atoms with Crippen LogP contribution in [0.15, 0.2) is 12.2 Å². The third-order valence-electron chi connectivity index (χ3n) is 2.69. The second kappa shape index (κ2) is 11.4. The fourth-order valence-electron chi connectivity index (χ4n) is 1.29. The number of carbonyl (C=O) groups is 2. The Kier molecular flexibility index (Phi) is 10.6. The maximum absolute atomic E-state index is 11.3. The van der Waals surface area contributed by atoms with Crippen molar-refractivity contribution < 1.29 is 14.3 Å². The van der Waals surface area contributed by atoms with Crippen LogP contribution in [0.2, 0.25) is 0 Å². The van der Waals surface area contributed by atoms with Gasteiger partial charge in [-0.3, -0.25) is 9.59 Å². The Morgan fingerprint density at radius 2 is 2.06 bits per heavy atom. The van der Waals surface area contributed by atoms with Crippen LogP contribution in [0, 0.1) is 5.92 Å². The topological polar surface area (TPSA) is 43.4 Å². The lowest BCUT2D eigenvalue weighted by Gasteiger charge is -2.09. The van der Waals surface area contributed by atoms with E-state index < -0.39 is 0 Å². The Balaban J connectivity index is 3.33. The number of hydrogen-bond donors (Lipinski definition) is 0. The van der Waals surface area contributed by atoms with Gasteiger partial charge in [-0.25, -0.2) is 0 Å². The quantitative estimate of drug-likeness (QED) is 0.255. The van der Waals surface area contributed by atoms with Crippen LogP contribution in [0.25, 0.3) is 0 Å². The average molecular weight is 240 g/mol. The smallest absolute Gasteiger partial charge is 0.305 e. The molecule has 0 heterocycles. The van der Waals surface area contributed by atoms with Gasteiger partial charge in [0.25, 0.3) is 0 Å². The number of ether oxygens (including phenoxy) is 1. The normalized spacial score (nSPS) is 12.6. The highest BCUT2D eigenvalue weighted by atomic mass is 16.5. The van der Waals surface area contributed by atoms with Crippen molar-refractivity contribution in [2.45, 2.75) is 52.4 Å². The molecule has 0 aromatic heterocycles. The third kappa shape index (κ3) is 11.1. The van der Waals surface area contributed by atoms with Crippen LogP contribution in [0.3, 0.4) is 0 Å². The number of aldehydes is 1. The van der Waals surface area contributed by atoms with Gasteiger partial charge in [-0.05, 0) is 31.3 Å². The summed E-state index contributed by atoms with van der Waals surface area (Å²) in [5.41, 5.74) is 0. The van der Waals surface area contributed by atoms with E-state index in [1.807, 2.05) is 6.08 Å². The molecule has 0 rings (SSSR count). The van der Waals surface area contributed by atoms with Crippen LogP contribution in [-0.2, 0) is 14.3 Å². The van der Waals surface area contributed by atoms with E-state index in [0.717, 1.165) is 38.4 Å². The summed E-state index contributed by atoms with van der Waals surface area (Å²) in [4.78, 5) is 21.3. The molecule has 0 fully saturated rings. The van der Waals surface area contributed by atoms with E-state index in [-0.39, 0.29) is 5.97 Å². The molecule has 0 aliphatic heterocycles. The molecule has 0 N–H and O–H groups in total. The zero-order valence-electron chi connectivity index (χ0n) is 11.0. The molecule has 1 atom stereocenters. The number of unbranched alkanes of at least 4 members (excludes halogenated alkanes) is 3. The molecule has 0 aliphatic carbocycles. The van der Waals surface area contributed by atoms with Crippen molar-refractivity contribution in [2.75, 3.05) is 6.61 Å². The van der Waals surface area contributed by atoms with E-state index in [1.54, 1.807) is 0 Å². The van der Waals surface area contributed by atoms with E-state index in [1.165, 1.54) is 6.08 Å². The second-order valence-corrected chi connectivity index (χ2v) is 4.36. The minimum absolute atomic E-state index is 0.0891. The Morgan fingerprint density at radius 3 is 2.71 bits per heavy atom. The van der Waals surface area contributed by atoms with Crippen molar-refractivity contribution in [3.05, 3.63) is 12.2 Å². The number of carbonyl (C=O) groups excluding carboxylic acids is 2. The first-order valence-corrected chi connectivity index (χ1v) is 6.46. The summed E-state index contributed by atoms with van der Waals surface area (Å²) in [5.74, 6) is 0.362. The van der Waals surface area contributed by atoms with Gasteiger partial charge in [0.05, 0.1) is 6.61 Å². The molecule has 1 unspecified atom stereocenters. The summed E-state index contributed by atoms with van der Waals surface area (Å²) in [6.45, 7) is 4.70. The van der Waals surface area contributed by atoms with E-state index in [9.17, 15) is 9.59 Å². The highest BCUT2D eigenvalue weighted by Gasteiger charge is 2.05. The Labute approximate surface area is 104 Å². The summed E-state index contributed by atoms with van der Waals surface area (Å²) < 4.78 is 5.14. The molecule has 0 spiro atoms. The summed E-state index contributed by atoms with van der Waals surface area (Å²) in [5, 5.41) is 0. The predicted octanol–water partition coefficient (Wildman–Crippen LogP) is 3.28. The lowest BCUT2D eigenvalue weighted by molar-refractivity contribution is -0.145. The van der Waals surface area contributed by atoms with Gasteiger partial charge in [-0.1, -0.05) is 32.8 Å². The number of allylic oxidation sites excluding steroid dienone is 2. The highest BCUT2D eigenvalue weighted by molar-refractivity contribution is 5.69. The Bertz CT molecular complexity index is 234. The molecule has 0 aliphatic rings. The molecule has 0 bridgehead atoms. The zero-order valence-corrected chi connectivity index (χ0v) is 11.0. The van der Waals surface area contributed by atoms with Crippen LogP contribution in [0.1, 0.15) is 52.4 Å². The van der Waals surface area contributed by atoms with E-state index >= 15 is 0 Å². The molecule has 3 heteroatoms. The van der Waals surface area contributed by atoms with Crippen molar-refractivity contribution in [1.29, 1.82) is 0 Å². The van der Waals surface area contributed by atoms with E-state index in [2.05, 4.69) is 13.8 Å². The Morgan fingerprint density at radius 1 is 1.29 bits per heavy atom. The fraction of sp³-hybridized carbons (Fsp3) is 0.714. The van der Waals surface area contributed by atoms with Gasteiger partial charge < -0.3 is 4.74 Å². The minimum atomic E-state index is -0.0891. The molecule has 0 aromatic carbocycles. The van der Waals surface area contributed by atoms with E-state index in [0.29, 0.717) is 18.9 Å². The first kappa shape index (κ1) is 15.9. The Hall–Kier alpha value is -1.12. The average Bonchev–Trinajstić information content (AvgIpc) is 2.34. The molecule has 0 aromatic rings. The van der Waals surface area contributed by atoms with Crippen molar-refractivity contribution >= 4 is 12.3 Å². The van der Waals surface area contributed by atoms with Crippen molar-refractivity contribution in [2.24, 2.45) is 5.92 Å². The first-order valence-electron chi connectivity index (χ1n) is 6.46. The standard InChI is InChI=1S/C14H24O3/c1-3-13(2)12-17-14(16)10-8-6-4-5-7-9-11-15/h7,9,11,13H,3-6,8,10,12H2,1-2H3/b9-7+. The van der Waals surface area contributed by atoms with Gasteiger partial charge in [0.2, 0.25) is 0 Å². The summed E-state index contributed by atoms with van der Waals surface area (Å²) in [7, 11) is 0.